The van der Waals surface area contributed by atoms with E-state index in [9.17, 15) is 9.59 Å². The van der Waals surface area contributed by atoms with Gasteiger partial charge in [0.2, 0.25) is 0 Å². The van der Waals surface area contributed by atoms with Crippen LogP contribution < -0.4 is 0 Å². The zero-order chi connectivity index (χ0) is 15.6. The summed E-state index contributed by atoms with van der Waals surface area (Å²) in [5.74, 6) is -0.946. The largest absolute Gasteiger partial charge is 0.388 e. The van der Waals surface area contributed by atoms with Crippen molar-refractivity contribution in [3.05, 3.63) is 80.7 Å². The number of allylic oxidation sites excluding steroid dienone is 10. The molecule has 23 heavy (non-hydrogen) atoms. The number of hydrogen-bond donors (Lipinski definition) is 0. The number of esters is 2. The number of hydrogen-bond acceptors (Lipinski definition) is 4. The number of rotatable bonds is 0. The van der Waals surface area contributed by atoms with Crippen LogP contribution >= 0.6 is 11.8 Å². The Morgan fingerprint density at radius 1 is 1.00 bits per heavy atom. The summed E-state index contributed by atoms with van der Waals surface area (Å²) in [6.45, 7) is 0. The molecule has 5 aliphatic rings. The summed E-state index contributed by atoms with van der Waals surface area (Å²) < 4.78 is 5.13. The van der Waals surface area contributed by atoms with E-state index in [-0.39, 0.29) is 0 Å². The monoisotopic (exact) mass is 320 g/mol. The molecule has 1 spiro atoms. The number of fused-ring (bicyclic) bond motifs is 2. The van der Waals surface area contributed by atoms with Crippen molar-refractivity contribution in [3.63, 3.8) is 0 Å². The van der Waals surface area contributed by atoms with Crippen LogP contribution in [0, 0.1) is 5.41 Å². The van der Waals surface area contributed by atoms with E-state index in [1.54, 1.807) is 11.8 Å². The quantitative estimate of drug-likeness (QED) is 0.505. The highest BCUT2D eigenvalue weighted by Crippen LogP contribution is 2.63. The minimum Gasteiger partial charge on any atom is -0.388 e. The lowest BCUT2D eigenvalue weighted by Gasteiger charge is -2.40. The molecule has 2 aliphatic heterocycles. The molecule has 0 unspecified atom stereocenters. The first-order valence-electron chi connectivity index (χ1n) is 7.57. The molecule has 1 fully saturated rings. The zero-order valence-electron chi connectivity index (χ0n) is 12.2. The van der Waals surface area contributed by atoms with Crippen LogP contribution in [-0.4, -0.2) is 11.9 Å². The standard InChI is InChI=1S/C19H12O3S/c20-17-16-12-6-2-4-8-14(12)23-15-10-9-11-5-1-3-7-13(11)19(15,16)18(21)22-17/h1-4,7-10H,5-6H2/t19-/m0/s1. The van der Waals surface area contributed by atoms with E-state index in [0.29, 0.717) is 12.0 Å². The zero-order valence-corrected chi connectivity index (χ0v) is 13.0. The molecule has 2 heterocycles. The van der Waals surface area contributed by atoms with Crippen molar-refractivity contribution in [1.29, 1.82) is 0 Å². The molecule has 1 atom stereocenters. The molecular weight excluding hydrogens is 308 g/mol. The first-order valence-corrected chi connectivity index (χ1v) is 8.39. The van der Waals surface area contributed by atoms with Crippen LogP contribution in [0.4, 0.5) is 0 Å². The Morgan fingerprint density at radius 2 is 1.83 bits per heavy atom. The summed E-state index contributed by atoms with van der Waals surface area (Å²) in [7, 11) is 0. The van der Waals surface area contributed by atoms with E-state index < -0.39 is 17.4 Å². The van der Waals surface area contributed by atoms with Crippen molar-refractivity contribution in [2.45, 2.75) is 12.8 Å². The third-order valence-electron chi connectivity index (χ3n) is 4.89. The van der Waals surface area contributed by atoms with Gasteiger partial charge in [-0.1, -0.05) is 54.3 Å². The van der Waals surface area contributed by atoms with E-state index in [1.807, 2.05) is 36.5 Å². The lowest BCUT2D eigenvalue weighted by molar-refractivity contribution is -0.153. The molecular formula is C19H12O3S. The molecule has 0 saturated carbocycles. The summed E-state index contributed by atoms with van der Waals surface area (Å²) in [6, 6.07) is 0. The van der Waals surface area contributed by atoms with Crippen molar-refractivity contribution >= 4 is 23.7 Å². The highest BCUT2D eigenvalue weighted by atomic mass is 32.2. The second-order valence-electron chi connectivity index (χ2n) is 5.98. The van der Waals surface area contributed by atoms with E-state index in [2.05, 4.69) is 12.2 Å². The van der Waals surface area contributed by atoms with Crippen LogP contribution in [0.25, 0.3) is 0 Å². The molecule has 0 radical (unpaired) electrons. The van der Waals surface area contributed by atoms with E-state index in [1.165, 1.54) is 0 Å². The highest BCUT2D eigenvalue weighted by Gasteiger charge is 2.63. The van der Waals surface area contributed by atoms with E-state index in [4.69, 9.17) is 4.74 Å². The summed E-state index contributed by atoms with van der Waals surface area (Å²) in [5.41, 5.74) is 2.39. The van der Waals surface area contributed by atoms with Crippen molar-refractivity contribution in [2.75, 3.05) is 0 Å². The Morgan fingerprint density at radius 3 is 2.74 bits per heavy atom. The minimum absolute atomic E-state index is 0.454. The summed E-state index contributed by atoms with van der Waals surface area (Å²) in [4.78, 5) is 27.3. The fourth-order valence-corrected chi connectivity index (χ4v) is 5.19. The molecule has 1 saturated heterocycles. The number of cyclic esters (lactones) is 2. The van der Waals surface area contributed by atoms with Crippen LogP contribution in [0.15, 0.2) is 80.7 Å². The van der Waals surface area contributed by atoms with Gasteiger partial charge in [0.05, 0.1) is 5.57 Å². The Labute approximate surface area is 137 Å². The molecule has 0 aromatic carbocycles. The normalized spacial score (nSPS) is 30.4. The van der Waals surface area contributed by atoms with Gasteiger partial charge >= 0.3 is 11.9 Å². The van der Waals surface area contributed by atoms with Crippen molar-refractivity contribution in [2.24, 2.45) is 5.41 Å². The molecule has 0 aromatic heterocycles. The number of carbonyl (C=O) groups excluding carboxylic acids is 2. The second kappa shape index (κ2) is 4.36. The lowest BCUT2D eigenvalue weighted by Crippen LogP contribution is -2.37. The lowest BCUT2D eigenvalue weighted by atomic mass is 9.66. The van der Waals surface area contributed by atoms with Crippen LogP contribution in [0.2, 0.25) is 0 Å². The summed E-state index contributed by atoms with van der Waals surface area (Å²) in [5, 5.41) is 0. The van der Waals surface area contributed by atoms with Crippen LogP contribution in [0.5, 0.6) is 0 Å². The Bertz CT molecular complexity index is 905. The topological polar surface area (TPSA) is 43.4 Å². The maximum absolute atomic E-state index is 12.8. The average Bonchev–Trinajstić information content (AvgIpc) is 2.85. The Kier molecular flexibility index (Phi) is 2.49. The smallest absolute Gasteiger partial charge is 0.343 e. The molecule has 3 aliphatic carbocycles. The molecule has 3 nitrogen and oxygen atoms in total. The molecule has 5 rings (SSSR count). The third kappa shape index (κ3) is 1.47. The molecule has 0 aromatic rings. The Balaban J connectivity index is 1.89. The van der Waals surface area contributed by atoms with Gasteiger partial charge in [-0.2, -0.15) is 0 Å². The molecule has 0 amide bonds. The van der Waals surface area contributed by atoms with Crippen molar-refractivity contribution in [1.82, 2.24) is 0 Å². The van der Waals surface area contributed by atoms with Crippen LogP contribution in [0.3, 0.4) is 0 Å². The first kappa shape index (κ1) is 13.1. The van der Waals surface area contributed by atoms with Gasteiger partial charge in [0.25, 0.3) is 0 Å². The predicted molar refractivity (Wildman–Crippen MR) is 88.0 cm³/mol. The number of ether oxygens (including phenoxy) is 1. The maximum Gasteiger partial charge on any atom is 0.343 e. The van der Waals surface area contributed by atoms with Gasteiger partial charge in [0.15, 0.2) is 5.41 Å². The van der Waals surface area contributed by atoms with Crippen LogP contribution in [0.1, 0.15) is 12.8 Å². The average molecular weight is 320 g/mol. The summed E-state index contributed by atoms with van der Waals surface area (Å²) >= 11 is 1.58. The molecule has 0 bridgehead atoms. The van der Waals surface area contributed by atoms with E-state index >= 15 is 0 Å². The van der Waals surface area contributed by atoms with Gasteiger partial charge in [-0.25, -0.2) is 9.59 Å². The Hall–Kier alpha value is -2.33. The second-order valence-corrected chi connectivity index (χ2v) is 7.07. The first-order chi connectivity index (χ1) is 11.2. The molecule has 0 N–H and O–H groups in total. The van der Waals surface area contributed by atoms with Gasteiger partial charge in [-0.3, -0.25) is 0 Å². The maximum atomic E-state index is 12.8. The van der Waals surface area contributed by atoms with Crippen molar-refractivity contribution in [3.8, 4) is 0 Å². The van der Waals surface area contributed by atoms with Gasteiger partial charge in [-0.15, -0.1) is 0 Å². The van der Waals surface area contributed by atoms with Gasteiger partial charge in [0, 0.05) is 9.81 Å². The van der Waals surface area contributed by atoms with Gasteiger partial charge < -0.3 is 4.74 Å². The van der Waals surface area contributed by atoms with Gasteiger partial charge in [-0.05, 0) is 35.6 Å². The highest BCUT2D eigenvalue weighted by molar-refractivity contribution is 8.07. The minimum atomic E-state index is -1.05. The van der Waals surface area contributed by atoms with Crippen molar-refractivity contribution < 1.29 is 14.3 Å². The number of thioether (sulfide) groups is 1. The summed E-state index contributed by atoms with van der Waals surface area (Å²) in [6.07, 6.45) is 17.5. The third-order valence-corrected chi connectivity index (χ3v) is 6.15. The fourth-order valence-electron chi connectivity index (χ4n) is 3.91. The number of carbonyl (C=O) groups is 2. The van der Waals surface area contributed by atoms with E-state index in [0.717, 1.165) is 33.0 Å². The van der Waals surface area contributed by atoms with Gasteiger partial charge in [0.1, 0.15) is 0 Å². The SMILES string of the molecule is O=C1OC(=O)[C@]23C(=CC=C4CC=CC=C42)SC2=CC=CCC2=C13. The fraction of sp³-hybridized carbons (Fsp3) is 0.158. The van der Waals surface area contributed by atoms with Crippen LogP contribution in [-0.2, 0) is 14.3 Å². The molecule has 4 heteroatoms. The predicted octanol–water partition coefficient (Wildman–Crippen LogP) is 3.65. The molecule has 112 valence electrons.